The molecule has 0 saturated heterocycles. The number of nitrogens with zero attached hydrogens (tertiary/aromatic N) is 4. The lowest BCUT2D eigenvalue weighted by Gasteiger charge is -2.10. The van der Waals surface area contributed by atoms with Crippen molar-refractivity contribution < 1.29 is 14.3 Å². The van der Waals surface area contributed by atoms with Gasteiger partial charge < -0.3 is 4.74 Å². The molecule has 0 unspecified atom stereocenters. The number of benzene rings is 2. The zero-order valence-electron chi connectivity index (χ0n) is 16.9. The van der Waals surface area contributed by atoms with Crippen LogP contribution >= 0.6 is 0 Å². The Labute approximate surface area is 180 Å². The lowest BCUT2D eigenvalue weighted by Crippen LogP contribution is -2.28. The fourth-order valence-electron chi connectivity index (χ4n) is 3.21. The average Bonchev–Trinajstić information content (AvgIpc) is 3.47. The van der Waals surface area contributed by atoms with Crippen molar-refractivity contribution in [1.82, 2.24) is 14.8 Å². The highest BCUT2D eigenvalue weighted by molar-refractivity contribution is 6.02. The average molecular weight is 414 g/mol. The van der Waals surface area contributed by atoms with Crippen molar-refractivity contribution in [3.8, 4) is 0 Å². The summed E-state index contributed by atoms with van der Waals surface area (Å²) in [5.41, 5.74) is 3.76. The van der Waals surface area contributed by atoms with Gasteiger partial charge in [0.25, 0.3) is 5.91 Å². The van der Waals surface area contributed by atoms with E-state index in [1.807, 2.05) is 66.9 Å². The fraction of sp³-hybridized carbons (Fsp3) is 0.167. The highest BCUT2D eigenvalue weighted by Gasteiger charge is 2.22. The minimum absolute atomic E-state index is 0.344. The molecule has 0 saturated carbocycles. The Morgan fingerprint density at radius 1 is 1.03 bits per heavy atom. The second kappa shape index (κ2) is 9.67. The van der Waals surface area contributed by atoms with Crippen molar-refractivity contribution in [1.29, 1.82) is 0 Å². The molecule has 0 fully saturated rings. The summed E-state index contributed by atoms with van der Waals surface area (Å²) in [6.45, 7) is 0.786. The molecule has 4 rings (SSSR count). The third-order valence-electron chi connectivity index (χ3n) is 4.79. The molecule has 3 aromatic rings. The monoisotopic (exact) mass is 414 g/mol. The van der Waals surface area contributed by atoms with E-state index in [2.05, 4.69) is 10.2 Å². The molecule has 1 amide bonds. The van der Waals surface area contributed by atoms with Gasteiger partial charge in [0, 0.05) is 24.3 Å². The van der Waals surface area contributed by atoms with Crippen LogP contribution < -0.4 is 0 Å². The third-order valence-corrected chi connectivity index (χ3v) is 4.79. The van der Waals surface area contributed by atoms with Gasteiger partial charge in [0.05, 0.1) is 25.0 Å². The molecule has 7 nitrogen and oxygen atoms in total. The molecule has 31 heavy (non-hydrogen) atoms. The van der Waals surface area contributed by atoms with Crippen LogP contribution in [0.2, 0.25) is 0 Å². The highest BCUT2D eigenvalue weighted by Crippen LogP contribution is 2.14. The van der Waals surface area contributed by atoms with Crippen molar-refractivity contribution >= 4 is 23.7 Å². The van der Waals surface area contributed by atoms with E-state index in [0.29, 0.717) is 19.5 Å². The van der Waals surface area contributed by atoms with Crippen molar-refractivity contribution in [3.05, 3.63) is 95.8 Å². The van der Waals surface area contributed by atoms with Gasteiger partial charge in [-0.05, 0) is 17.2 Å². The minimum Gasteiger partial charge on any atom is -0.452 e. The number of hydrogen-bond acceptors (Lipinski definition) is 5. The summed E-state index contributed by atoms with van der Waals surface area (Å²) in [4.78, 5) is 24.3. The van der Waals surface area contributed by atoms with Gasteiger partial charge in [0.15, 0.2) is 6.61 Å². The van der Waals surface area contributed by atoms with E-state index in [0.717, 1.165) is 22.4 Å². The topological polar surface area (TPSA) is 76.8 Å². The van der Waals surface area contributed by atoms with Gasteiger partial charge in [-0.1, -0.05) is 60.7 Å². The molecule has 0 radical (unpaired) electrons. The molecule has 0 N–H and O–H groups in total. The van der Waals surface area contributed by atoms with E-state index in [-0.39, 0.29) is 12.5 Å². The number of esters is 1. The van der Waals surface area contributed by atoms with Crippen LogP contribution in [0.5, 0.6) is 0 Å². The van der Waals surface area contributed by atoms with Gasteiger partial charge in [-0.2, -0.15) is 10.2 Å². The van der Waals surface area contributed by atoms with Crippen LogP contribution in [0.1, 0.15) is 23.1 Å². The number of carbonyl (C=O) groups excluding carboxylic acids is 2. The predicted octanol–water partition coefficient (Wildman–Crippen LogP) is 3.12. The molecule has 1 aromatic heterocycles. The largest absolute Gasteiger partial charge is 0.452 e. The standard InChI is InChI=1S/C24H22N4O3/c29-23(28-14-13-22(26-28)21-9-5-2-6-10-21)18-31-24(30)12-11-20-15-25-27(17-20)16-19-7-3-1-4-8-19/h1-12,15,17H,13-14,16,18H2/b12-11+. The summed E-state index contributed by atoms with van der Waals surface area (Å²) in [6, 6.07) is 19.7. The Morgan fingerprint density at radius 3 is 2.55 bits per heavy atom. The maximum absolute atomic E-state index is 12.3. The Bertz CT molecular complexity index is 1100. The van der Waals surface area contributed by atoms with Gasteiger partial charge in [0.1, 0.15) is 0 Å². The number of rotatable bonds is 7. The van der Waals surface area contributed by atoms with Gasteiger partial charge in [-0.25, -0.2) is 9.80 Å². The smallest absolute Gasteiger partial charge is 0.331 e. The van der Waals surface area contributed by atoms with Crippen LogP contribution in [0, 0.1) is 0 Å². The summed E-state index contributed by atoms with van der Waals surface area (Å²) in [5, 5.41) is 9.99. The number of carbonyl (C=O) groups is 2. The van der Waals surface area contributed by atoms with E-state index in [1.54, 1.807) is 17.0 Å². The molecule has 0 spiro atoms. The van der Waals surface area contributed by atoms with E-state index >= 15 is 0 Å². The molecule has 1 aliphatic rings. The van der Waals surface area contributed by atoms with Crippen LogP contribution in [0.25, 0.3) is 6.08 Å². The molecule has 0 atom stereocenters. The van der Waals surface area contributed by atoms with Crippen molar-refractivity contribution in [2.75, 3.05) is 13.2 Å². The summed E-state index contributed by atoms with van der Waals surface area (Å²) in [7, 11) is 0. The Balaban J connectivity index is 1.25. The van der Waals surface area contributed by atoms with Crippen LogP contribution in [0.15, 0.2) is 84.2 Å². The molecule has 1 aliphatic heterocycles. The lowest BCUT2D eigenvalue weighted by atomic mass is 10.1. The molecular formula is C24H22N4O3. The van der Waals surface area contributed by atoms with Crippen LogP contribution in [-0.4, -0.2) is 45.5 Å². The molecule has 7 heteroatoms. The number of amides is 1. The van der Waals surface area contributed by atoms with E-state index < -0.39 is 5.97 Å². The quantitative estimate of drug-likeness (QED) is 0.440. The molecular weight excluding hydrogens is 392 g/mol. The second-order valence-electron chi connectivity index (χ2n) is 7.08. The maximum Gasteiger partial charge on any atom is 0.331 e. The number of ether oxygens (including phenoxy) is 1. The van der Waals surface area contributed by atoms with E-state index in [1.165, 1.54) is 11.1 Å². The van der Waals surface area contributed by atoms with E-state index in [9.17, 15) is 9.59 Å². The van der Waals surface area contributed by atoms with Gasteiger partial charge in [-0.3, -0.25) is 9.48 Å². The zero-order chi connectivity index (χ0) is 21.5. The van der Waals surface area contributed by atoms with E-state index in [4.69, 9.17) is 4.74 Å². The fourth-order valence-corrected chi connectivity index (χ4v) is 3.21. The zero-order valence-corrected chi connectivity index (χ0v) is 16.9. The molecule has 2 aromatic carbocycles. The van der Waals surface area contributed by atoms with Crippen LogP contribution in [-0.2, 0) is 20.9 Å². The molecule has 0 aliphatic carbocycles. The SMILES string of the molecule is O=C(/C=C/c1cnn(Cc2ccccc2)c1)OCC(=O)N1CCC(c2ccccc2)=N1. The van der Waals surface area contributed by atoms with Gasteiger partial charge in [-0.15, -0.1) is 0 Å². The Kier molecular flexibility index (Phi) is 6.32. The normalized spacial score (nSPS) is 13.4. The first kappa shape index (κ1) is 20.3. The highest BCUT2D eigenvalue weighted by atomic mass is 16.5. The first-order valence-corrected chi connectivity index (χ1v) is 10.0. The Morgan fingerprint density at radius 2 is 1.77 bits per heavy atom. The van der Waals surface area contributed by atoms with Crippen molar-refractivity contribution in [2.45, 2.75) is 13.0 Å². The summed E-state index contributed by atoms with van der Waals surface area (Å²) < 4.78 is 6.86. The number of aromatic nitrogens is 2. The number of hydrogen-bond donors (Lipinski definition) is 0. The summed E-state index contributed by atoms with van der Waals surface area (Å²) >= 11 is 0. The minimum atomic E-state index is -0.587. The van der Waals surface area contributed by atoms with Gasteiger partial charge >= 0.3 is 5.97 Å². The maximum atomic E-state index is 12.3. The van der Waals surface area contributed by atoms with Gasteiger partial charge in [0.2, 0.25) is 0 Å². The third kappa shape index (κ3) is 5.54. The second-order valence-corrected chi connectivity index (χ2v) is 7.08. The molecule has 2 heterocycles. The van der Waals surface area contributed by atoms with Crippen LogP contribution in [0.4, 0.5) is 0 Å². The summed E-state index contributed by atoms with van der Waals surface area (Å²) in [6.07, 6.45) is 7.09. The summed E-state index contributed by atoms with van der Waals surface area (Å²) in [5.74, 6) is -0.931. The lowest BCUT2D eigenvalue weighted by molar-refractivity contribution is -0.147. The molecule has 0 bridgehead atoms. The Hall–Kier alpha value is -4.00. The molecule has 156 valence electrons. The van der Waals surface area contributed by atoms with Crippen molar-refractivity contribution in [3.63, 3.8) is 0 Å². The first-order chi connectivity index (χ1) is 15.2. The van der Waals surface area contributed by atoms with Crippen LogP contribution in [0.3, 0.4) is 0 Å². The number of hydrazone groups is 1. The van der Waals surface area contributed by atoms with Crippen molar-refractivity contribution in [2.24, 2.45) is 5.10 Å². The predicted molar refractivity (Wildman–Crippen MR) is 117 cm³/mol. The first-order valence-electron chi connectivity index (χ1n) is 10.0.